The van der Waals surface area contributed by atoms with E-state index in [-0.39, 0.29) is 12.0 Å². The lowest BCUT2D eigenvalue weighted by atomic mass is 10.1. The summed E-state index contributed by atoms with van der Waals surface area (Å²) in [5.74, 6) is 1.61. The van der Waals surface area contributed by atoms with Crippen molar-refractivity contribution < 1.29 is 9.53 Å². The van der Waals surface area contributed by atoms with Crippen molar-refractivity contribution in [2.75, 3.05) is 5.75 Å². The zero-order valence-electron chi connectivity index (χ0n) is 15.1. The summed E-state index contributed by atoms with van der Waals surface area (Å²) in [6, 6.07) is 13.7. The highest BCUT2D eigenvalue weighted by atomic mass is 32.2. The van der Waals surface area contributed by atoms with Crippen LogP contribution in [0.2, 0.25) is 0 Å². The Kier molecular flexibility index (Phi) is 7.79. The maximum Gasteiger partial charge on any atom is 0.230 e. The Morgan fingerprint density at radius 3 is 2.68 bits per heavy atom. The van der Waals surface area contributed by atoms with Gasteiger partial charge in [0.1, 0.15) is 0 Å². The fraction of sp³-hybridized carbons (Fsp3) is 0.400. The van der Waals surface area contributed by atoms with Crippen LogP contribution in [0, 0.1) is 5.92 Å². The summed E-state index contributed by atoms with van der Waals surface area (Å²) in [5.41, 5.74) is 0.986. The number of nitrogens with zero attached hydrogens (tertiary/aromatic N) is 1. The molecule has 0 spiro atoms. The van der Waals surface area contributed by atoms with E-state index >= 15 is 0 Å². The topological polar surface area (TPSA) is 51.2 Å². The van der Waals surface area contributed by atoms with Crippen molar-refractivity contribution in [1.29, 1.82) is 0 Å². The zero-order valence-corrected chi connectivity index (χ0v) is 15.9. The fourth-order valence-corrected chi connectivity index (χ4v) is 3.21. The van der Waals surface area contributed by atoms with Gasteiger partial charge in [0, 0.05) is 23.7 Å². The Labute approximate surface area is 154 Å². The number of benzene rings is 1. The summed E-state index contributed by atoms with van der Waals surface area (Å²) in [5, 5.41) is 2.94. The largest absolute Gasteiger partial charge is 0.475 e. The highest BCUT2D eigenvalue weighted by Gasteiger charge is 2.09. The lowest BCUT2D eigenvalue weighted by Gasteiger charge is -2.16. The first-order valence-corrected chi connectivity index (χ1v) is 9.57. The number of hydrogen-bond acceptors (Lipinski definition) is 4. The summed E-state index contributed by atoms with van der Waals surface area (Å²) >= 11 is 1.53. The van der Waals surface area contributed by atoms with Gasteiger partial charge in [-0.25, -0.2) is 4.98 Å². The molecule has 0 radical (unpaired) electrons. The van der Waals surface area contributed by atoms with Gasteiger partial charge >= 0.3 is 0 Å². The third-order valence-corrected chi connectivity index (χ3v) is 4.54. The van der Waals surface area contributed by atoms with Crippen LogP contribution in [0.5, 0.6) is 5.88 Å². The first-order chi connectivity index (χ1) is 12.0. The smallest absolute Gasteiger partial charge is 0.230 e. The van der Waals surface area contributed by atoms with E-state index in [0.717, 1.165) is 16.9 Å². The minimum absolute atomic E-state index is 0.0151. The lowest BCUT2D eigenvalue weighted by molar-refractivity contribution is -0.118. The van der Waals surface area contributed by atoms with E-state index in [0.29, 0.717) is 24.1 Å². The van der Waals surface area contributed by atoms with Gasteiger partial charge < -0.3 is 10.1 Å². The zero-order chi connectivity index (χ0) is 18.1. The summed E-state index contributed by atoms with van der Waals surface area (Å²) in [6.07, 6.45) is 2.83. The molecule has 0 aliphatic carbocycles. The molecule has 0 aliphatic heterocycles. The van der Waals surface area contributed by atoms with Crippen LogP contribution >= 0.6 is 11.8 Å². The number of rotatable bonds is 9. The molecule has 1 aromatic carbocycles. The maximum atomic E-state index is 12.0. The van der Waals surface area contributed by atoms with Gasteiger partial charge in [-0.15, -0.1) is 11.8 Å². The molecular formula is C20H26N2O2S. The molecule has 1 aromatic heterocycles. The molecule has 1 unspecified atom stereocenters. The van der Waals surface area contributed by atoms with Crippen molar-refractivity contribution in [3.8, 4) is 5.88 Å². The van der Waals surface area contributed by atoms with Gasteiger partial charge in [0.25, 0.3) is 0 Å². The predicted molar refractivity (Wildman–Crippen MR) is 103 cm³/mol. The number of thioether (sulfide) groups is 1. The highest BCUT2D eigenvalue weighted by Crippen LogP contribution is 2.17. The van der Waals surface area contributed by atoms with Gasteiger partial charge in [-0.2, -0.15) is 0 Å². The predicted octanol–water partition coefficient (Wildman–Crippen LogP) is 4.30. The first-order valence-electron chi connectivity index (χ1n) is 8.59. The average Bonchev–Trinajstić information content (AvgIpc) is 2.58. The highest BCUT2D eigenvalue weighted by molar-refractivity contribution is 8.00. The van der Waals surface area contributed by atoms with E-state index in [1.165, 1.54) is 11.8 Å². The van der Waals surface area contributed by atoms with Crippen LogP contribution in [-0.2, 0) is 11.3 Å². The van der Waals surface area contributed by atoms with Gasteiger partial charge in [0.05, 0.1) is 11.9 Å². The molecule has 134 valence electrons. The molecule has 25 heavy (non-hydrogen) atoms. The number of aromatic nitrogens is 1. The molecule has 0 bridgehead atoms. The fourth-order valence-electron chi connectivity index (χ4n) is 2.46. The first kappa shape index (κ1) is 19.3. The Hall–Kier alpha value is -2.01. The van der Waals surface area contributed by atoms with Crippen LogP contribution in [0.3, 0.4) is 0 Å². The molecule has 0 fully saturated rings. The normalized spacial score (nSPS) is 12.0. The Morgan fingerprint density at radius 2 is 1.96 bits per heavy atom. The summed E-state index contributed by atoms with van der Waals surface area (Å²) in [6.45, 7) is 6.88. The number of carbonyl (C=O) groups is 1. The Bertz CT molecular complexity index is 662. The van der Waals surface area contributed by atoms with E-state index < -0.39 is 0 Å². The molecule has 2 aromatic rings. The third kappa shape index (κ3) is 7.61. The number of carbonyl (C=O) groups excluding carboxylic acids is 1. The van der Waals surface area contributed by atoms with Crippen molar-refractivity contribution in [3.63, 3.8) is 0 Å². The molecule has 2 rings (SSSR count). The van der Waals surface area contributed by atoms with Crippen LogP contribution in [0.4, 0.5) is 0 Å². The molecule has 4 nitrogen and oxygen atoms in total. The number of ether oxygens (including phenoxy) is 1. The lowest BCUT2D eigenvalue weighted by Crippen LogP contribution is -2.24. The molecule has 0 saturated carbocycles. The molecule has 0 aliphatic rings. The van der Waals surface area contributed by atoms with Gasteiger partial charge in [-0.1, -0.05) is 32.0 Å². The van der Waals surface area contributed by atoms with E-state index in [4.69, 9.17) is 4.74 Å². The average molecular weight is 359 g/mol. The second kappa shape index (κ2) is 10.1. The van der Waals surface area contributed by atoms with Gasteiger partial charge in [0.15, 0.2) is 0 Å². The van der Waals surface area contributed by atoms with Gasteiger partial charge in [0.2, 0.25) is 11.8 Å². The summed E-state index contributed by atoms with van der Waals surface area (Å²) < 4.78 is 5.85. The summed E-state index contributed by atoms with van der Waals surface area (Å²) in [7, 11) is 0. The molecule has 1 N–H and O–H groups in total. The van der Waals surface area contributed by atoms with Crippen LogP contribution in [0.25, 0.3) is 0 Å². The number of nitrogens with one attached hydrogen (secondary N) is 1. The molecule has 1 atom stereocenters. The third-order valence-electron chi connectivity index (χ3n) is 3.53. The van der Waals surface area contributed by atoms with Crippen molar-refractivity contribution in [3.05, 3.63) is 54.2 Å². The van der Waals surface area contributed by atoms with Crippen molar-refractivity contribution in [2.45, 2.75) is 44.7 Å². The van der Waals surface area contributed by atoms with Gasteiger partial charge in [-0.3, -0.25) is 4.79 Å². The van der Waals surface area contributed by atoms with Crippen LogP contribution < -0.4 is 10.1 Å². The quantitative estimate of drug-likeness (QED) is 0.679. The van der Waals surface area contributed by atoms with E-state index in [1.807, 2.05) is 42.5 Å². The monoisotopic (exact) mass is 358 g/mol. The second-order valence-corrected chi connectivity index (χ2v) is 7.49. The minimum atomic E-state index is 0.0151. The van der Waals surface area contributed by atoms with E-state index in [9.17, 15) is 4.79 Å². The number of amides is 1. The Balaban J connectivity index is 1.78. The molecule has 1 amide bonds. The standard InChI is InChI=1S/C20H26N2O2S/c1-15(2)11-16(3)24-20-12-17(9-10-21-20)13-22-19(23)14-25-18-7-5-4-6-8-18/h4-10,12,15-16H,11,13-14H2,1-3H3,(H,22,23). The molecule has 0 saturated heterocycles. The van der Waals surface area contributed by atoms with Crippen LogP contribution in [-0.4, -0.2) is 22.7 Å². The SMILES string of the molecule is CC(C)CC(C)Oc1cc(CNC(=O)CSc2ccccc2)ccn1. The molecule has 1 heterocycles. The Morgan fingerprint density at radius 1 is 1.20 bits per heavy atom. The van der Waals surface area contributed by atoms with Crippen LogP contribution in [0.1, 0.15) is 32.8 Å². The number of hydrogen-bond donors (Lipinski definition) is 1. The molecular weight excluding hydrogens is 332 g/mol. The number of pyridine rings is 1. The second-order valence-electron chi connectivity index (χ2n) is 6.44. The van der Waals surface area contributed by atoms with Crippen molar-refractivity contribution in [2.24, 2.45) is 5.92 Å². The summed E-state index contributed by atoms with van der Waals surface area (Å²) in [4.78, 5) is 17.3. The van der Waals surface area contributed by atoms with Crippen LogP contribution in [0.15, 0.2) is 53.6 Å². The maximum absolute atomic E-state index is 12.0. The van der Waals surface area contributed by atoms with Crippen molar-refractivity contribution >= 4 is 17.7 Å². The van der Waals surface area contributed by atoms with Gasteiger partial charge in [-0.05, 0) is 43.0 Å². The van der Waals surface area contributed by atoms with E-state index in [2.05, 4.69) is 31.1 Å². The van der Waals surface area contributed by atoms with E-state index in [1.54, 1.807) is 6.20 Å². The molecule has 5 heteroatoms. The minimum Gasteiger partial charge on any atom is -0.475 e. The van der Waals surface area contributed by atoms with Crippen molar-refractivity contribution in [1.82, 2.24) is 10.3 Å².